The number of halogens is 1. The molecule has 4 nitrogen and oxygen atoms in total. The molecular weight excluding hydrogens is 354 g/mol. The minimum Gasteiger partial charge on any atom is -0.299 e. The Morgan fingerprint density at radius 3 is 2.48 bits per heavy atom. The third-order valence-corrected chi connectivity index (χ3v) is 5.40. The summed E-state index contributed by atoms with van der Waals surface area (Å²) in [6, 6.07) is 17.7. The van der Waals surface area contributed by atoms with Gasteiger partial charge in [0.2, 0.25) is 0 Å². The van der Waals surface area contributed by atoms with E-state index in [-0.39, 0.29) is 11.0 Å². The molecule has 0 radical (unpaired) electrons. The summed E-state index contributed by atoms with van der Waals surface area (Å²) >= 11 is 7.77. The summed E-state index contributed by atoms with van der Waals surface area (Å²) in [7, 11) is 0. The molecule has 0 aliphatic heterocycles. The van der Waals surface area contributed by atoms with Gasteiger partial charge in [0.05, 0.1) is 16.8 Å². The van der Waals surface area contributed by atoms with Gasteiger partial charge in [0, 0.05) is 5.56 Å². The SMILES string of the molecule is CC(=O)C(C)Sc1nnc(-c2ccccc2Cl)n1Cc1ccccc1. The van der Waals surface area contributed by atoms with E-state index in [1.54, 1.807) is 6.92 Å². The highest BCUT2D eigenvalue weighted by molar-refractivity contribution is 8.00. The zero-order valence-electron chi connectivity index (χ0n) is 14.0. The number of aromatic nitrogens is 3. The van der Waals surface area contributed by atoms with Gasteiger partial charge in [0.15, 0.2) is 11.0 Å². The van der Waals surface area contributed by atoms with Crippen LogP contribution in [0.1, 0.15) is 19.4 Å². The van der Waals surface area contributed by atoms with Crippen LogP contribution >= 0.6 is 23.4 Å². The Morgan fingerprint density at radius 2 is 1.80 bits per heavy atom. The van der Waals surface area contributed by atoms with Crippen molar-refractivity contribution >= 4 is 29.1 Å². The Morgan fingerprint density at radius 1 is 1.12 bits per heavy atom. The van der Waals surface area contributed by atoms with E-state index in [1.807, 2.05) is 54.0 Å². The molecule has 3 aromatic rings. The second kappa shape index (κ2) is 7.85. The minimum atomic E-state index is -0.183. The molecule has 128 valence electrons. The molecule has 1 aromatic heterocycles. The standard InChI is InChI=1S/C19H18ClN3OS/c1-13(24)14(2)25-19-22-21-18(16-10-6-7-11-17(16)20)23(19)12-15-8-4-3-5-9-15/h3-11,14H,12H2,1-2H3. The number of hydrogen-bond donors (Lipinski definition) is 0. The largest absolute Gasteiger partial charge is 0.299 e. The summed E-state index contributed by atoms with van der Waals surface area (Å²) in [6.45, 7) is 4.08. The molecule has 0 aliphatic rings. The van der Waals surface area contributed by atoms with Crippen LogP contribution in [0, 0.1) is 0 Å². The summed E-state index contributed by atoms with van der Waals surface area (Å²) in [6.07, 6.45) is 0. The van der Waals surface area contributed by atoms with E-state index in [2.05, 4.69) is 22.3 Å². The van der Waals surface area contributed by atoms with Crippen LogP contribution in [-0.4, -0.2) is 25.8 Å². The maximum absolute atomic E-state index is 11.6. The first kappa shape index (κ1) is 17.7. The summed E-state index contributed by atoms with van der Waals surface area (Å²) in [4.78, 5) is 11.6. The first-order valence-electron chi connectivity index (χ1n) is 7.95. The van der Waals surface area contributed by atoms with Crippen molar-refractivity contribution in [1.29, 1.82) is 0 Å². The van der Waals surface area contributed by atoms with E-state index in [4.69, 9.17) is 11.6 Å². The zero-order valence-corrected chi connectivity index (χ0v) is 15.6. The maximum atomic E-state index is 11.6. The lowest BCUT2D eigenvalue weighted by atomic mass is 10.2. The van der Waals surface area contributed by atoms with Crippen molar-refractivity contribution < 1.29 is 4.79 Å². The Hall–Kier alpha value is -2.11. The van der Waals surface area contributed by atoms with Gasteiger partial charge in [-0.05, 0) is 31.5 Å². The highest BCUT2D eigenvalue weighted by Gasteiger charge is 2.20. The Kier molecular flexibility index (Phi) is 5.56. The summed E-state index contributed by atoms with van der Waals surface area (Å²) in [5.41, 5.74) is 1.96. The molecule has 1 unspecified atom stereocenters. The van der Waals surface area contributed by atoms with Gasteiger partial charge < -0.3 is 0 Å². The average Bonchev–Trinajstić information content (AvgIpc) is 2.98. The highest BCUT2D eigenvalue weighted by atomic mass is 35.5. The molecule has 0 saturated carbocycles. The number of ketones is 1. The van der Waals surface area contributed by atoms with Crippen molar-refractivity contribution in [3.63, 3.8) is 0 Å². The third-order valence-electron chi connectivity index (χ3n) is 3.87. The number of Topliss-reactive ketones (excluding diaryl/α,β-unsaturated/α-hetero) is 1. The maximum Gasteiger partial charge on any atom is 0.192 e. The molecule has 3 rings (SSSR count). The molecule has 0 amide bonds. The van der Waals surface area contributed by atoms with Crippen LogP contribution in [0.3, 0.4) is 0 Å². The van der Waals surface area contributed by atoms with E-state index in [0.717, 1.165) is 11.1 Å². The second-order valence-corrected chi connectivity index (χ2v) is 7.44. The highest BCUT2D eigenvalue weighted by Crippen LogP contribution is 2.31. The minimum absolute atomic E-state index is 0.110. The smallest absolute Gasteiger partial charge is 0.192 e. The van der Waals surface area contributed by atoms with E-state index in [1.165, 1.54) is 11.8 Å². The van der Waals surface area contributed by atoms with Crippen molar-refractivity contribution in [3.05, 3.63) is 65.2 Å². The van der Waals surface area contributed by atoms with Crippen LogP contribution in [0.2, 0.25) is 5.02 Å². The van der Waals surface area contributed by atoms with E-state index in [9.17, 15) is 4.79 Å². The number of thioether (sulfide) groups is 1. The van der Waals surface area contributed by atoms with Crippen molar-refractivity contribution in [2.75, 3.05) is 0 Å². The Bertz CT molecular complexity index is 879. The van der Waals surface area contributed by atoms with Crippen molar-refractivity contribution in [3.8, 4) is 11.4 Å². The average molecular weight is 372 g/mol. The van der Waals surface area contributed by atoms with Gasteiger partial charge >= 0.3 is 0 Å². The Labute approximate surface area is 156 Å². The monoisotopic (exact) mass is 371 g/mol. The van der Waals surface area contributed by atoms with Crippen LogP contribution in [0.25, 0.3) is 11.4 Å². The van der Waals surface area contributed by atoms with Gasteiger partial charge in [0.1, 0.15) is 5.78 Å². The number of hydrogen-bond acceptors (Lipinski definition) is 4. The van der Waals surface area contributed by atoms with Crippen molar-refractivity contribution in [1.82, 2.24) is 14.8 Å². The fourth-order valence-corrected chi connectivity index (χ4v) is 3.44. The van der Waals surface area contributed by atoms with E-state index in [0.29, 0.717) is 22.5 Å². The van der Waals surface area contributed by atoms with Crippen LogP contribution < -0.4 is 0 Å². The van der Waals surface area contributed by atoms with Gasteiger partial charge in [-0.3, -0.25) is 9.36 Å². The van der Waals surface area contributed by atoms with E-state index < -0.39 is 0 Å². The molecule has 2 aromatic carbocycles. The molecule has 25 heavy (non-hydrogen) atoms. The third kappa shape index (κ3) is 4.11. The van der Waals surface area contributed by atoms with Crippen LogP contribution in [0.15, 0.2) is 59.8 Å². The number of carbonyl (C=O) groups is 1. The molecule has 0 saturated heterocycles. The molecule has 6 heteroatoms. The van der Waals surface area contributed by atoms with Gasteiger partial charge in [-0.1, -0.05) is 65.8 Å². The van der Waals surface area contributed by atoms with Gasteiger partial charge in [-0.2, -0.15) is 0 Å². The second-order valence-electron chi connectivity index (χ2n) is 5.73. The molecule has 1 heterocycles. The number of nitrogens with zero attached hydrogens (tertiary/aromatic N) is 3. The molecule has 0 bridgehead atoms. The van der Waals surface area contributed by atoms with Crippen LogP contribution in [0.4, 0.5) is 0 Å². The Balaban J connectivity index is 2.05. The molecule has 0 fully saturated rings. The van der Waals surface area contributed by atoms with E-state index >= 15 is 0 Å². The number of benzene rings is 2. The van der Waals surface area contributed by atoms with Gasteiger partial charge in [-0.15, -0.1) is 10.2 Å². The lowest BCUT2D eigenvalue weighted by molar-refractivity contribution is -0.116. The van der Waals surface area contributed by atoms with Crippen LogP contribution in [-0.2, 0) is 11.3 Å². The predicted molar refractivity (Wildman–Crippen MR) is 102 cm³/mol. The number of rotatable bonds is 6. The summed E-state index contributed by atoms with van der Waals surface area (Å²) in [5, 5.41) is 9.82. The zero-order chi connectivity index (χ0) is 17.8. The number of carbonyl (C=O) groups excluding carboxylic acids is 1. The van der Waals surface area contributed by atoms with Crippen LogP contribution in [0.5, 0.6) is 0 Å². The summed E-state index contributed by atoms with van der Waals surface area (Å²) in [5.74, 6) is 0.811. The molecular formula is C19H18ClN3OS. The predicted octanol–water partition coefficient (Wildman–Crippen LogP) is 4.72. The normalized spacial score (nSPS) is 12.1. The molecule has 0 N–H and O–H groups in total. The first-order chi connectivity index (χ1) is 12.1. The summed E-state index contributed by atoms with van der Waals surface area (Å²) < 4.78 is 2.01. The fourth-order valence-electron chi connectivity index (χ4n) is 2.37. The lowest BCUT2D eigenvalue weighted by Gasteiger charge is -2.13. The molecule has 0 aliphatic carbocycles. The van der Waals surface area contributed by atoms with Gasteiger partial charge in [0.25, 0.3) is 0 Å². The van der Waals surface area contributed by atoms with Crippen molar-refractivity contribution in [2.24, 2.45) is 0 Å². The van der Waals surface area contributed by atoms with Crippen molar-refractivity contribution in [2.45, 2.75) is 30.8 Å². The molecule has 0 spiro atoms. The fraction of sp³-hybridized carbons (Fsp3) is 0.211. The quantitative estimate of drug-likeness (QED) is 0.588. The first-order valence-corrected chi connectivity index (χ1v) is 9.21. The molecule has 1 atom stereocenters. The lowest BCUT2D eigenvalue weighted by Crippen LogP contribution is -2.11. The van der Waals surface area contributed by atoms with Gasteiger partial charge in [-0.25, -0.2) is 0 Å². The topological polar surface area (TPSA) is 47.8 Å².